The molecule has 3 rings (SSSR count). The van der Waals surface area contributed by atoms with Crippen molar-refractivity contribution in [2.24, 2.45) is 0 Å². The Kier molecular flexibility index (Phi) is 3.17. The highest BCUT2D eigenvalue weighted by Gasteiger charge is 2.16. The molecule has 0 saturated carbocycles. The van der Waals surface area contributed by atoms with Crippen LogP contribution in [0.3, 0.4) is 0 Å². The Balaban J connectivity index is 2.44. The molecule has 1 aromatic carbocycles. The standard InChI is InChI=1S/C14H14N4O3/c1-3-11-15-16-13-9-6-4-5-7-10(9)17(8-12(19)21-2)14(20)18(11)13/h4-7H,3,8H2,1-2H3. The molecule has 2 aromatic heterocycles. The summed E-state index contributed by atoms with van der Waals surface area (Å²) < 4.78 is 7.50. The van der Waals surface area contributed by atoms with Gasteiger partial charge in [-0.1, -0.05) is 19.1 Å². The maximum absolute atomic E-state index is 12.7. The lowest BCUT2D eigenvalue weighted by Crippen LogP contribution is -2.31. The van der Waals surface area contributed by atoms with Crippen molar-refractivity contribution in [3.8, 4) is 0 Å². The van der Waals surface area contributed by atoms with Crippen molar-refractivity contribution in [1.82, 2.24) is 19.2 Å². The summed E-state index contributed by atoms with van der Waals surface area (Å²) in [5.41, 5.74) is 0.806. The number of carbonyl (C=O) groups is 1. The molecule has 7 heteroatoms. The van der Waals surface area contributed by atoms with Crippen LogP contribution in [-0.4, -0.2) is 32.2 Å². The Labute approximate surface area is 119 Å². The highest BCUT2D eigenvalue weighted by atomic mass is 16.5. The molecule has 0 spiro atoms. The third kappa shape index (κ3) is 1.97. The summed E-state index contributed by atoms with van der Waals surface area (Å²) in [6.45, 7) is 1.75. The molecular formula is C14H14N4O3. The molecule has 0 saturated heterocycles. The van der Waals surface area contributed by atoms with Gasteiger partial charge in [-0.15, -0.1) is 10.2 Å². The van der Waals surface area contributed by atoms with E-state index in [4.69, 9.17) is 0 Å². The molecule has 0 atom stereocenters. The van der Waals surface area contributed by atoms with E-state index in [-0.39, 0.29) is 12.2 Å². The minimum atomic E-state index is -0.479. The molecule has 21 heavy (non-hydrogen) atoms. The van der Waals surface area contributed by atoms with Gasteiger partial charge in [0.1, 0.15) is 12.4 Å². The molecule has 0 aliphatic rings. The number of rotatable bonds is 3. The fourth-order valence-corrected chi connectivity index (χ4v) is 2.39. The van der Waals surface area contributed by atoms with E-state index in [0.717, 1.165) is 5.39 Å². The zero-order chi connectivity index (χ0) is 15.0. The molecule has 2 heterocycles. The largest absolute Gasteiger partial charge is 0.468 e. The van der Waals surface area contributed by atoms with Crippen LogP contribution in [0.4, 0.5) is 0 Å². The molecule has 0 fully saturated rings. The Morgan fingerprint density at radius 3 is 2.76 bits per heavy atom. The van der Waals surface area contributed by atoms with Crippen LogP contribution in [0.5, 0.6) is 0 Å². The summed E-state index contributed by atoms with van der Waals surface area (Å²) in [5.74, 6) is 0.0899. The average Bonchev–Trinajstić information content (AvgIpc) is 2.95. The third-order valence-electron chi connectivity index (χ3n) is 3.42. The predicted octanol–water partition coefficient (Wildman–Crippen LogP) is 0.780. The number of nitrogens with zero attached hydrogens (tertiary/aromatic N) is 4. The maximum Gasteiger partial charge on any atom is 0.336 e. The number of para-hydroxylation sites is 1. The van der Waals surface area contributed by atoms with Crippen molar-refractivity contribution >= 4 is 22.5 Å². The van der Waals surface area contributed by atoms with Crippen LogP contribution >= 0.6 is 0 Å². The van der Waals surface area contributed by atoms with Gasteiger partial charge in [0.25, 0.3) is 0 Å². The zero-order valence-corrected chi connectivity index (χ0v) is 11.7. The predicted molar refractivity (Wildman–Crippen MR) is 76.1 cm³/mol. The van der Waals surface area contributed by atoms with E-state index >= 15 is 0 Å². The van der Waals surface area contributed by atoms with Crippen LogP contribution in [0.2, 0.25) is 0 Å². The Morgan fingerprint density at radius 2 is 2.05 bits per heavy atom. The normalized spacial score (nSPS) is 11.1. The molecule has 108 valence electrons. The highest BCUT2D eigenvalue weighted by molar-refractivity contribution is 5.91. The molecular weight excluding hydrogens is 272 g/mol. The summed E-state index contributed by atoms with van der Waals surface area (Å²) >= 11 is 0. The molecule has 0 aliphatic carbocycles. The van der Waals surface area contributed by atoms with Crippen LogP contribution in [0.25, 0.3) is 16.6 Å². The second kappa shape index (κ2) is 5.01. The Bertz CT molecular complexity index is 894. The van der Waals surface area contributed by atoms with Gasteiger partial charge in [-0.05, 0) is 12.1 Å². The minimum absolute atomic E-state index is 0.146. The SMILES string of the molecule is CCc1nnc2c3ccccc3n(CC(=O)OC)c(=O)n12. The molecule has 7 nitrogen and oxygen atoms in total. The van der Waals surface area contributed by atoms with Gasteiger partial charge in [-0.2, -0.15) is 0 Å². The fraction of sp³-hybridized carbons (Fsp3) is 0.286. The molecule has 0 N–H and O–H groups in total. The number of fused-ring (bicyclic) bond motifs is 3. The molecule has 0 unspecified atom stereocenters. The van der Waals surface area contributed by atoms with Crippen LogP contribution < -0.4 is 5.69 Å². The van der Waals surface area contributed by atoms with E-state index in [1.165, 1.54) is 16.1 Å². The molecule has 0 aliphatic heterocycles. The van der Waals surface area contributed by atoms with Crippen molar-refractivity contribution in [3.05, 3.63) is 40.6 Å². The van der Waals surface area contributed by atoms with Crippen LogP contribution in [0, 0.1) is 0 Å². The minimum Gasteiger partial charge on any atom is -0.468 e. The number of aromatic nitrogens is 4. The summed E-state index contributed by atoms with van der Waals surface area (Å²) in [6, 6.07) is 7.30. The molecule has 3 aromatic rings. The van der Waals surface area contributed by atoms with Gasteiger partial charge in [-0.25, -0.2) is 9.20 Å². The number of esters is 1. The lowest BCUT2D eigenvalue weighted by atomic mass is 10.2. The third-order valence-corrected chi connectivity index (χ3v) is 3.42. The first kappa shape index (κ1) is 13.3. The smallest absolute Gasteiger partial charge is 0.336 e. The second-order valence-corrected chi connectivity index (χ2v) is 4.59. The topological polar surface area (TPSA) is 78.5 Å². The molecule has 0 radical (unpaired) electrons. The van der Waals surface area contributed by atoms with Crippen LogP contribution in [0.15, 0.2) is 29.1 Å². The number of aryl methyl sites for hydroxylation is 1. The van der Waals surface area contributed by atoms with Crippen molar-refractivity contribution in [1.29, 1.82) is 0 Å². The van der Waals surface area contributed by atoms with Crippen LogP contribution in [-0.2, 0) is 22.5 Å². The number of carbonyl (C=O) groups excluding carboxylic acids is 1. The van der Waals surface area contributed by atoms with Crippen molar-refractivity contribution in [3.63, 3.8) is 0 Å². The average molecular weight is 286 g/mol. The number of hydrogen-bond donors (Lipinski definition) is 0. The number of benzene rings is 1. The quantitative estimate of drug-likeness (QED) is 0.665. The van der Waals surface area contributed by atoms with Gasteiger partial charge in [0.05, 0.1) is 12.6 Å². The first-order chi connectivity index (χ1) is 10.2. The van der Waals surface area contributed by atoms with Gasteiger partial charge in [0, 0.05) is 11.8 Å². The zero-order valence-electron chi connectivity index (χ0n) is 11.7. The van der Waals surface area contributed by atoms with Gasteiger partial charge in [0.15, 0.2) is 5.65 Å². The lowest BCUT2D eigenvalue weighted by Gasteiger charge is -2.10. The second-order valence-electron chi connectivity index (χ2n) is 4.59. The first-order valence-electron chi connectivity index (χ1n) is 6.59. The number of ether oxygens (including phenoxy) is 1. The molecule has 0 amide bonds. The fourth-order valence-electron chi connectivity index (χ4n) is 2.39. The van der Waals surface area contributed by atoms with E-state index in [0.29, 0.717) is 23.4 Å². The Hall–Kier alpha value is -2.70. The first-order valence-corrected chi connectivity index (χ1v) is 6.59. The van der Waals surface area contributed by atoms with Crippen molar-refractivity contribution in [2.75, 3.05) is 7.11 Å². The maximum atomic E-state index is 12.7. The lowest BCUT2D eigenvalue weighted by molar-refractivity contribution is -0.141. The Morgan fingerprint density at radius 1 is 1.29 bits per heavy atom. The van der Waals surface area contributed by atoms with Gasteiger partial charge < -0.3 is 4.74 Å². The van der Waals surface area contributed by atoms with E-state index in [2.05, 4.69) is 14.9 Å². The van der Waals surface area contributed by atoms with Gasteiger partial charge >= 0.3 is 11.7 Å². The van der Waals surface area contributed by atoms with E-state index in [1.807, 2.05) is 25.1 Å². The van der Waals surface area contributed by atoms with Crippen LogP contribution in [0.1, 0.15) is 12.7 Å². The number of hydrogen-bond acceptors (Lipinski definition) is 5. The summed E-state index contributed by atoms with van der Waals surface area (Å²) in [5, 5.41) is 8.92. The van der Waals surface area contributed by atoms with Gasteiger partial charge in [-0.3, -0.25) is 9.36 Å². The monoisotopic (exact) mass is 286 g/mol. The molecule has 0 bridgehead atoms. The van der Waals surface area contributed by atoms with Gasteiger partial charge in [0.2, 0.25) is 0 Å². The highest BCUT2D eigenvalue weighted by Crippen LogP contribution is 2.17. The summed E-state index contributed by atoms with van der Waals surface area (Å²) in [6.07, 6.45) is 0.576. The number of methoxy groups -OCH3 is 1. The van der Waals surface area contributed by atoms with Crippen molar-refractivity contribution in [2.45, 2.75) is 19.9 Å². The van der Waals surface area contributed by atoms with E-state index < -0.39 is 5.97 Å². The van der Waals surface area contributed by atoms with E-state index in [1.54, 1.807) is 6.07 Å². The van der Waals surface area contributed by atoms with E-state index in [9.17, 15) is 9.59 Å². The summed E-state index contributed by atoms with van der Waals surface area (Å²) in [4.78, 5) is 24.3. The van der Waals surface area contributed by atoms with Crippen molar-refractivity contribution < 1.29 is 9.53 Å². The summed E-state index contributed by atoms with van der Waals surface area (Å²) in [7, 11) is 1.30.